The van der Waals surface area contributed by atoms with E-state index in [-0.39, 0.29) is 23.1 Å². The fourth-order valence-electron chi connectivity index (χ4n) is 6.21. The summed E-state index contributed by atoms with van der Waals surface area (Å²) < 4.78 is 8.16. The smallest absolute Gasteiger partial charge is 0.217 e. The number of rotatable bonds is 6. The van der Waals surface area contributed by atoms with Gasteiger partial charge in [-0.1, -0.05) is 6.42 Å². The van der Waals surface area contributed by atoms with Crippen LogP contribution in [0, 0.1) is 5.41 Å². The number of ketones is 2. The van der Waals surface area contributed by atoms with E-state index in [1.807, 2.05) is 23.0 Å². The van der Waals surface area contributed by atoms with Gasteiger partial charge in [0.1, 0.15) is 18.1 Å². The average Bonchev–Trinajstić information content (AvgIpc) is 3.49. The second-order valence-electron chi connectivity index (χ2n) is 11.2. The fraction of sp³-hybridized carbons (Fsp3) is 0.607. The summed E-state index contributed by atoms with van der Waals surface area (Å²) in [4.78, 5) is 38.4. The highest BCUT2D eigenvalue weighted by Gasteiger charge is 2.49. The van der Waals surface area contributed by atoms with E-state index in [2.05, 4.69) is 16.9 Å². The van der Waals surface area contributed by atoms with Gasteiger partial charge in [0, 0.05) is 30.3 Å². The van der Waals surface area contributed by atoms with Gasteiger partial charge in [-0.15, -0.1) is 0 Å². The first-order chi connectivity index (χ1) is 17.9. The second-order valence-corrected chi connectivity index (χ2v) is 11.2. The zero-order chi connectivity index (χ0) is 25.6. The number of carbonyl (C=O) groups is 2. The van der Waals surface area contributed by atoms with E-state index in [9.17, 15) is 9.59 Å². The predicted molar refractivity (Wildman–Crippen MR) is 139 cm³/mol. The number of hydrogen-bond acceptors (Lipinski definition) is 8. The van der Waals surface area contributed by atoms with Crippen molar-refractivity contribution in [2.24, 2.45) is 11.1 Å². The molecule has 0 radical (unpaired) electrons. The summed E-state index contributed by atoms with van der Waals surface area (Å²) in [5, 5.41) is 4.73. The van der Waals surface area contributed by atoms with Gasteiger partial charge >= 0.3 is 0 Å². The Balaban J connectivity index is 1.36. The van der Waals surface area contributed by atoms with E-state index in [4.69, 9.17) is 20.6 Å². The van der Waals surface area contributed by atoms with E-state index in [0.29, 0.717) is 61.5 Å². The summed E-state index contributed by atoms with van der Waals surface area (Å²) >= 11 is 0. The Kier molecular flexibility index (Phi) is 6.34. The van der Waals surface area contributed by atoms with E-state index >= 15 is 0 Å². The Hall–Kier alpha value is -3.07. The highest BCUT2D eigenvalue weighted by molar-refractivity contribution is 6.17. The molecule has 9 heteroatoms. The minimum absolute atomic E-state index is 0.0683. The highest BCUT2D eigenvalue weighted by atomic mass is 16.5. The lowest BCUT2D eigenvalue weighted by Crippen LogP contribution is -2.45. The molecule has 2 aromatic heterocycles. The number of ether oxygens (including phenoxy) is 1. The van der Waals surface area contributed by atoms with Crippen LogP contribution < -0.4 is 10.5 Å². The number of likely N-dealkylation sites (tertiary alicyclic amines) is 1. The van der Waals surface area contributed by atoms with E-state index in [1.54, 1.807) is 0 Å². The third kappa shape index (κ3) is 4.58. The van der Waals surface area contributed by atoms with Crippen molar-refractivity contribution in [3.8, 4) is 17.3 Å². The number of nitrogens with two attached hydrogens (primary N) is 1. The lowest BCUT2D eigenvalue weighted by molar-refractivity contribution is -0.143. The molecule has 0 amide bonds. The second kappa shape index (κ2) is 9.67. The molecule has 1 saturated heterocycles. The molecule has 37 heavy (non-hydrogen) atoms. The van der Waals surface area contributed by atoms with Crippen LogP contribution in [0.15, 0.2) is 23.9 Å². The monoisotopic (exact) mass is 504 g/mol. The largest absolute Gasteiger partial charge is 0.476 e. The van der Waals surface area contributed by atoms with Crippen LogP contribution in [0.2, 0.25) is 0 Å². The van der Waals surface area contributed by atoms with Gasteiger partial charge in [0.25, 0.3) is 0 Å². The van der Waals surface area contributed by atoms with Crippen LogP contribution >= 0.6 is 0 Å². The van der Waals surface area contributed by atoms with E-state index in [1.165, 1.54) is 0 Å². The zero-order valence-corrected chi connectivity index (χ0v) is 21.6. The van der Waals surface area contributed by atoms with Crippen molar-refractivity contribution in [1.29, 1.82) is 0 Å². The van der Waals surface area contributed by atoms with E-state index in [0.717, 1.165) is 57.2 Å². The van der Waals surface area contributed by atoms with Crippen LogP contribution in [0.4, 0.5) is 0 Å². The molecule has 3 heterocycles. The lowest BCUT2D eigenvalue weighted by atomic mass is 9.62. The number of nitrogens with zero attached hydrogens (tertiary/aromatic N) is 5. The van der Waals surface area contributed by atoms with Crippen molar-refractivity contribution in [1.82, 2.24) is 24.6 Å². The predicted octanol–water partition coefficient (Wildman–Crippen LogP) is 3.70. The molecular formula is C28H36N6O3. The van der Waals surface area contributed by atoms with Crippen molar-refractivity contribution >= 4 is 17.3 Å². The number of allylic oxidation sites excluding steroid dienone is 1. The molecule has 1 aliphatic heterocycles. The number of Topliss-reactive ketones (excluding diaryl/α,β-unsaturated/α-hetero) is 2. The topological polar surface area (TPSA) is 116 Å². The minimum Gasteiger partial charge on any atom is -0.476 e. The lowest BCUT2D eigenvalue weighted by Gasteiger charge is -2.38. The summed E-state index contributed by atoms with van der Waals surface area (Å²) in [6.45, 7) is 1.59. The third-order valence-corrected chi connectivity index (χ3v) is 8.69. The molecule has 3 saturated carbocycles. The number of hydrogen-bond donors (Lipinski definition) is 1. The quantitative estimate of drug-likeness (QED) is 0.468. The molecule has 2 atom stereocenters. The molecule has 4 fully saturated rings. The van der Waals surface area contributed by atoms with Gasteiger partial charge in [0.15, 0.2) is 11.6 Å². The van der Waals surface area contributed by atoms with Crippen LogP contribution in [0.1, 0.15) is 82.5 Å². The Bertz CT molecular complexity index is 1240. The normalized spacial score (nSPS) is 28.2. The summed E-state index contributed by atoms with van der Waals surface area (Å²) in [5.74, 6) is 0.648. The van der Waals surface area contributed by atoms with Crippen molar-refractivity contribution in [2.75, 3.05) is 20.2 Å². The van der Waals surface area contributed by atoms with Gasteiger partial charge in [-0.3, -0.25) is 14.3 Å². The molecule has 9 nitrogen and oxygen atoms in total. The first kappa shape index (κ1) is 24.3. The maximum absolute atomic E-state index is 13.7. The van der Waals surface area contributed by atoms with Crippen LogP contribution in [0.25, 0.3) is 17.1 Å². The van der Waals surface area contributed by atoms with Gasteiger partial charge in [-0.2, -0.15) is 10.1 Å². The molecule has 6 rings (SSSR count). The van der Waals surface area contributed by atoms with Crippen LogP contribution in [0.5, 0.6) is 5.88 Å². The minimum atomic E-state index is -0.913. The maximum atomic E-state index is 13.7. The molecule has 0 aromatic carbocycles. The van der Waals surface area contributed by atoms with Crippen molar-refractivity contribution < 1.29 is 14.3 Å². The SMILES string of the molecule is CN1CCC[C@H]1COc1cc(-c2ccn(C3CC3)n2)nc(/C(N)=C2\CCC[C@@]3(CCCCC3=O)C2=O)n1. The summed E-state index contributed by atoms with van der Waals surface area (Å²) in [7, 11) is 2.11. The summed E-state index contributed by atoms with van der Waals surface area (Å²) in [6, 6.07) is 4.55. The van der Waals surface area contributed by atoms with Gasteiger partial charge in [-0.05, 0) is 77.4 Å². The van der Waals surface area contributed by atoms with Crippen LogP contribution in [-0.2, 0) is 9.59 Å². The Morgan fingerprint density at radius 2 is 1.92 bits per heavy atom. The molecular weight excluding hydrogens is 468 g/mol. The highest BCUT2D eigenvalue weighted by Crippen LogP contribution is 2.45. The van der Waals surface area contributed by atoms with Gasteiger partial charge in [0.2, 0.25) is 5.88 Å². The summed E-state index contributed by atoms with van der Waals surface area (Å²) in [5.41, 5.74) is 7.83. The molecule has 4 aliphatic rings. The zero-order valence-electron chi connectivity index (χ0n) is 21.6. The van der Waals surface area contributed by atoms with Crippen molar-refractivity contribution in [3.05, 3.63) is 29.7 Å². The standard InChI is InChI=1S/C28H36N6O3/c1-33-14-5-6-19(33)17-37-24-16-22(21-11-15-34(32-21)18-9-10-18)30-27(31-24)25(29)20-7-4-13-28(26(20)36)12-3-2-8-23(28)35/h11,15-16,18-19H,2-10,12-14,17,29H2,1H3/b25-20-/t19-,28+/m0/s1. The average molecular weight is 505 g/mol. The van der Waals surface area contributed by atoms with Gasteiger partial charge < -0.3 is 15.4 Å². The molecule has 196 valence electrons. The molecule has 0 bridgehead atoms. The Morgan fingerprint density at radius 1 is 1.08 bits per heavy atom. The third-order valence-electron chi connectivity index (χ3n) is 8.69. The first-order valence-corrected chi connectivity index (χ1v) is 13.8. The van der Waals surface area contributed by atoms with Crippen LogP contribution in [-0.4, -0.2) is 62.5 Å². The van der Waals surface area contributed by atoms with E-state index < -0.39 is 5.41 Å². The van der Waals surface area contributed by atoms with Gasteiger partial charge in [-0.25, -0.2) is 4.98 Å². The molecule has 2 aromatic rings. The Morgan fingerprint density at radius 3 is 2.68 bits per heavy atom. The number of aromatic nitrogens is 4. The van der Waals surface area contributed by atoms with Gasteiger partial charge in [0.05, 0.1) is 22.8 Å². The fourth-order valence-corrected chi connectivity index (χ4v) is 6.21. The molecule has 2 N–H and O–H groups in total. The van der Waals surface area contributed by atoms with Crippen molar-refractivity contribution in [2.45, 2.75) is 82.7 Å². The van der Waals surface area contributed by atoms with Crippen LogP contribution in [0.3, 0.4) is 0 Å². The molecule has 1 spiro atoms. The number of carbonyl (C=O) groups excluding carboxylic acids is 2. The number of likely N-dealkylation sites (N-methyl/N-ethyl adjacent to an activating group) is 1. The first-order valence-electron chi connectivity index (χ1n) is 13.8. The summed E-state index contributed by atoms with van der Waals surface area (Å²) in [6.07, 6.45) is 11.3. The van der Waals surface area contributed by atoms with Crippen molar-refractivity contribution in [3.63, 3.8) is 0 Å². The Labute approximate surface area is 217 Å². The molecule has 3 aliphatic carbocycles. The molecule has 0 unspecified atom stereocenters. The maximum Gasteiger partial charge on any atom is 0.217 e.